The first-order valence-corrected chi connectivity index (χ1v) is 11.7. The van der Waals surface area contributed by atoms with Crippen LogP contribution in [0.25, 0.3) is 0 Å². The Balaban J connectivity index is 1.40. The van der Waals surface area contributed by atoms with E-state index in [4.69, 9.17) is 23.2 Å². The third-order valence-corrected chi connectivity index (χ3v) is 6.85. The van der Waals surface area contributed by atoms with Crippen LogP contribution in [0.15, 0.2) is 18.2 Å². The van der Waals surface area contributed by atoms with E-state index in [1.165, 1.54) is 0 Å². The minimum Gasteiger partial charge on any atom is -0.356 e. The van der Waals surface area contributed by atoms with Gasteiger partial charge in [-0.2, -0.15) is 0 Å². The SMILES string of the molecule is CCN1CCN(CCCNC(=O)C2CCCN(C(=O)c3ccc(Cl)c(Cl)c3)C2)CC1. The van der Waals surface area contributed by atoms with Crippen LogP contribution in [0.5, 0.6) is 0 Å². The number of benzene rings is 1. The van der Waals surface area contributed by atoms with Gasteiger partial charge in [0.05, 0.1) is 16.0 Å². The molecule has 0 aromatic heterocycles. The van der Waals surface area contributed by atoms with Gasteiger partial charge >= 0.3 is 0 Å². The fourth-order valence-corrected chi connectivity index (χ4v) is 4.47. The maximum Gasteiger partial charge on any atom is 0.253 e. The van der Waals surface area contributed by atoms with Crippen molar-refractivity contribution < 1.29 is 9.59 Å². The predicted octanol–water partition coefficient (Wildman–Crippen LogP) is 2.99. The smallest absolute Gasteiger partial charge is 0.253 e. The molecule has 2 fully saturated rings. The van der Waals surface area contributed by atoms with E-state index in [1.807, 2.05) is 0 Å². The van der Waals surface area contributed by atoms with Crippen molar-refractivity contribution in [3.05, 3.63) is 33.8 Å². The average Bonchev–Trinajstić information content (AvgIpc) is 2.78. The molecule has 8 heteroatoms. The molecule has 1 atom stereocenters. The largest absolute Gasteiger partial charge is 0.356 e. The highest BCUT2D eigenvalue weighted by Crippen LogP contribution is 2.25. The highest BCUT2D eigenvalue weighted by atomic mass is 35.5. The topological polar surface area (TPSA) is 55.9 Å². The molecule has 1 N–H and O–H groups in total. The summed E-state index contributed by atoms with van der Waals surface area (Å²) in [6.07, 6.45) is 2.60. The van der Waals surface area contributed by atoms with E-state index < -0.39 is 0 Å². The van der Waals surface area contributed by atoms with E-state index >= 15 is 0 Å². The van der Waals surface area contributed by atoms with E-state index in [0.717, 1.165) is 58.5 Å². The zero-order chi connectivity index (χ0) is 21.5. The van der Waals surface area contributed by atoms with E-state index in [-0.39, 0.29) is 17.7 Å². The molecule has 2 saturated heterocycles. The highest BCUT2D eigenvalue weighted by Gasteiger charge is 2.29. The minimum absolute atomic E-state index is 0.0532. The van der Waals surface area contributed by atoms with Gasteiger partial charge in [0, 0.05) is 51.4 Å². The Hall–Kier alpha value is -1.34. The number of rotatable bonds is 7. The molecule has 0 spiro atoms. The Morgan fingerprint density at radius 1 is 1.07 bits per heavy atom. The summed E-state index contributed by atoms with van der Waals surface area (Å²) in [5.41, 5.74) is 0.508. The monoisotopic (exact) mass is 454 g/mol. The molecule has 2 heterocycles. The third kappa shape index (κ3) is 6.33. The summed E-state index contributed by atoms with van der Waals surface area (Å²) in [6.45, 7) is 10.6. The number of hydrogen-bond acceptors (Lipinski definition) is 4. The molecular formula is C22H32Cl2N4O2. The van der Waals surface area contributed by atoms with E-state index in [2.05, 4.69) is 22.0 Å². The first kappa shape index (κ1) is 23.3. The van der Waals surface area contributed by atoms with Crippen LogP contribution in [0.1, 0.15) is 36.5 Å². The molecule has 1 unspecified atom stereocenters. The summed E-state index contributed by atoms with van der Waals surface area (Å²) in [7, 11) is 0. The van der Waals surface area contributed by atoms with Crippen LogP contribution in [0.3, 0.4) is 0 Å². The lowest BCUT2D eigenvalue weighted by molar-refractivity contribution is -0.126. The summed E-state index contributed by atoms with van der Waals surface area (Å²) in [6, 6.07) is 4.91. The molecule has 6 nitrogen and oxygen atoms in total. The maximum absolute atomic E-state index is 12.8. The second kappa shape index (κ2) is 11.3. The van der Waals surface area contributed by atoms with Gasteiger partial charge in [-0.3, -0.25) is 9.59 Å². The zero-order valence-electron chi connectivity index (χ0n) is 17.7. The molecule has 166 valence electrons. The van der Waals surface area contributed by atoms with Crippen molar-refractivity contribution in [3.8, 4) is 0 Å². The number of carbonyl (C=O) groups is 2. The number of piperazine rings is 1. The number of carbonyl (C=O) groups excluding carboxylic acids is 2. The fraction of sp³-hybridized carbons (Fsp3) is 0.636. The number of nitrogens with one attached hydrogen (secondary N) is 1. The summed E-state index contributed by atoms with van der Waals surface area (Å²) in [5, 5.41) is 3.87. The van der Waals surface area contributed by atoms with Crippen molar-refractivity contribution >= 4 is 35.0 Å². The second-order valence-electron chi connectivity index (χ2n) is 8.14. The molecule has 0 bridgehead atoms. The van der Waals surface area contributed by atoms with Gasteiger partial charge in [-0.05, 0) is 50.6 Å². The van der Waals surface area contributed by atoms with Crippen molar-refractivity contribution in [1.82, 2.24) is 20.0 Å². The van der Waals surface area contributed by atoms with Crippen LogP contribution in [0, 0.1) is 5.92 Å². The zero-order valence-corrected chi connectivity index (χ0v) is 19.2. The summed E-state index contributed by atoms with van der Waals surface area (Å²) in [5.74, 6) is -0.201. The molecule has 3 rings (SSSR count). The molecule has 2 aliphatic rings. The van der Waals surface area contributed by atoms with Crippen molar-refractivity contribution in [2.75, 3.05) is 58.9 Å². The molecule has 0 saturated carbocycles. The lowest BCUT2D eigenvalue weighted by atomic mass is 9.96. The van der Waals surface area contributed by atoms with Crippen LogP contribution < -0.4 is 5.32 Å². The lowest BCUT2D eigenvalue weighted by Gasteiger charge is -2.34. The van der Waals surface area contributed by atoms with Crippen LogP contribution in [-0.2, 0) is 4.79 Å². The number of piperidine rings is 1. The number of likely N-dealkylation sites (N-methyl/N-ethyl adjacent to an activating group) is 1. The maximum atomic E-state index is 12.8. The van der Waals surface area contributed by atoms with E-state index in [0.29, 0.717) is 35.2 Å². The van der Waals surface area contributed by atoms with Gasteiger partial charge in [-0.15, -0.1) is 0 Å². The molecule has 2 amide bonds. The van der Waals surface area contributed by atoms with Gasteiger partial charge in [0.1, 0.15) is 0 Å². The standard InChI is InChI=1S/C22H32Cl2N4O2/c1-2-26-11-13-27(14-12-26)9-4-8-25-21(29)18-5-3-10-28(16-18)22(30)17-6-7-19(23)20(24)15-17/h6-7,15,18H,2-5,8-14,16H2,1H3,(H,25,29). The first-order chi connectivity index (χ1) is 14.5. The number of amides is 2. The molecule has 0 aliphatic carbocycles. The molecule has 2 aliphatic heterocycles. The molecule has 30 heavy (non-hydrogen) atoms. The third-order valence-electron chi connectivity index (χ3n) is 6.11. The Morgan fingerprint density at radius 2 is 1.80 bits per heavy atom. The summed E-state index contributed by atoms with van der Waals surface area (Å²) >= 11 is 12.0. The summed E-state index contributed by atoms with van der Waals surface area (Å²) in [4.78, 5) is 32.1. The molecule has 0 radical (unpaired) electrons. The van der Waals surface area contributed by atoms with Gasteiger partial charge in [0.25, 0.3) is 5.91 Å². The van der Waals surface area contributed by atoms with Gasteiger partial charge in [0.2, 0.25) is 5.91 Å². The van der Waals surface area contributed by atoms with Crippen LogP contribution in [-0.4, -0.2) is 85.4 Å². The van der Waals surface area contributed by atoms with Crippen molar-refractivity contribution in [3.63, 3.8) is 0 Å². The van der Waals surface area contributed by atoms with E-state index in [1.54, 1.807) is 23.1 Å². The van der Waals surface area contributed by atoms with Crippen molar-refractivity contribution in [1.29, 1.82) is 0 Å². The van der Waals surface area contributed by atoms with Gasteiger partial charge < -0.3 is 20.0 Å². The Labute approximate surface area is 189 Å². The van der Waals surface area contributed by atoms with Gasteiger partial charge in [0.15, 0.2) is 0 Å². The van der Waals surface area contributed by atoms with Crippen molar-refractivity contribution in [2.24, 2.45) is 5.92 Å². The summed E-state index contributed by atoms with van der Waals surface area (Å²) < 4.78 is 0. The molecule has 1 aromatic carbocycles. The first-order valence-electron chi connectivity index (χ1n) is 10.9. The number of hydrogen-bond donors (Lipinski definition) is 1. The average molecular weight is 455 g/mol. The Bertz CT molecular complexity index is 738. The van der Waals surface area contributed by atoms with Crippen LogP contribution >= 0.6 is 23.2 Å². The number of likely N-dealkylation sites (tertiary alicyclic amines) is 1. The van der Waals surface area contributed by atoms with Crippen LogP contribution in [0.4, 0.5) is 0 Å². The second-order valence-corrected chi connectivity index (χ2v) is 8.95. The van der Waals surface area contributed by atoms with Crippen LogP contribution in [0.2, 0.25) is 10.0 Å². The predicted molar refractivity (Wildman–Crippen MR) is 121 cm³/mol. The highest BCUT2D eigenvalue weighted by molar-refractivity contribution is 6.42. The minimum atomic E-state index is -0.154. The van der Waals surface area contributed by atoms with Crippen molar-refractivity contribution in [2.45, 2.75) is 26.2 Å². The van der Waals surface area contributed by atoms with Gasteiger partial charge in [-0.1, -0.05) is 30.1 Å². The molecule has 1 aromatic rings. The Kier molecular flexibility index (Phi) is 8.81. The fourth-order valence-electron chi connectivity index (χ4n) is 4.18. The van der Waals surface area contributed by atoms with Gasteiger partial charge in [-0.25, -0.2) is 0 Å². The van der Waals surface area contributed by atoms with E-state index in [9.17, 15) is 9.59 Å². The normalized spacial score (nSPS) is 20.9. The quantitative estimate of drug-likeness (QED) is 0.643. The number of halogens is 2. The molecular weight excluding hydrogens is 423 g/mol. The Morgan fingerprint density at radius 3 is 2.50 bits per heavy atom. The lowest BCUT2D eigenvalue weighted by Crippen LogP contribution is -2.47. The number of nitrogens with zero attached hydrogens (tertiary/aromatic N) is 3.